The fraction of sp³-hybridized carbons (Fsp3) is 0.0417. The van der Waals surface area contributed by atoms with Crippen molar-refractivity contribution >= 4 is 35.2 Å². The smallest absolute Gasteiger partial charge is 0.339 e. The minimum atomic E-state index is -1.18. The highest BCUT2D eigenvalue weighted by Crippen LogP contribution is 2.24. The number of ether oxygens (including phenoxy) is 1. The van der Waals surface area contributed by atoms with Gasteiger partial charge in [-0.05, 0) is 41.5 Å². The molecule has 3 rings (SSSR count). The lowest BCUT2D eigenvalue weighted by Gasteiger charge is -2.10. The molecule has 0 aliphatic rings. The third-order valence-corrected chi connectivity index (χ3v) is 4.60. The molecule has 31 heavy (non-hydrogen) atoms. The normalized spacial score (nSPS) is 10.8. The lowest BCUT2D eigenvalue weighted by atomic mass is 10.1. The number of amides is 1. The fourth-order valence-corrected chi connectivity index (χ4v) is 2.92. The number of nitrogens with one attached hydrogen (secondary N) is 1. The van der Waals surface area contributed by atoms with Gasteiger partial charge in [-0.1, -0.05) is 60.1 Å². The Morgan fingerprint density at radius 3 is 2.45 bits per heavy atom. The molecule has 3 aromatic carbocycles. The van der Waals surface area contributed by atoms with E-state index in [1.165, 1.54) is 18.2 Å². The van der Waals surface area contributed by atoms with E-state index in [4.69, 9.17) is 16.3 Å². The van der Waals surface area contributed by atoms with Gasteiger partial charge in [0.15, 0.2) is 0 Å². The van der Waals surface area contributed by atoms with Crippen LogP contribution in [0.5, 0.6) is 5.75 Å². The largest absolute Gasteiger partial charge is 0.488 e. The molecule has 3 aromatic rings. The van der Waals surface area contributed by atoms with Crippen LogP contribution in [0.3, 0.4) is 0 Å². The van der Waals surface area contributed by atoms with Crippen molar-refractivity contribution in [1.29, 1.82) is 5.26 Å². The number of carbonyl (C=O) groups is 2. The summed E-state index contributed by atoms with van der Waals surface area (Å²) in [5.41, 5.74) is 1.36. The van der Waals surface area contributed by atoms with Crippen LogP contribution in [0.2, 0.25) is 5.02 Å². The maximum Gasteiger partial charge on any atom is 0.339 e. The van der Waals surface area contributed by atoms with Gasteiger partial charge >= 0.3 is 5.97 Å². The van der Waals surface area contributed by atoms with E-state index < -0.39 is 11.9 Å². The molecule has 0 radical (unpaired) electrons. The van der Waals surface area contributed by atoms with Crippen molar-refractivity contribution < 1.29 is 19.4 Å². The maximum absolute atomic E-state index is 12.4. The monoisotopic (exact) mass is 432 g/mol. The molecule has 0 saturated carbocycles. The van der Waals surface area contributed by atoms with Crippen LogP contribution < -0.4 is 10.1 Å². The fourth-order valence-electron chi connectivity index (χ4n) is 2.73. The number of nitriles is 1. The van der Waals surface area contributed by atoms with Crippen molar-refractivity contribution in [3.05, 3.63) is 100 Å². The first-order valence-corrected chi connectivity index (χ1v) is 9.57. The zero-order valence-electron chi connectivity index (χ0n) is 16.2. The Balaban J connectivity index is 1.82. The Morgan fingerprint density at radius 1 is 1.06 bits per heavy atom. The number of nitrogens with zero attached hydrogens (tertiary/aromatic N) is 1. The summed E-state index contributed by atoms with van der Waals surface area (Å²) in [6, 6.07) is 22.2. The molecule has 0 spiro atoms. The highest BCUT2D eigenvalue weighted by atomic mass is 35.5. The molecule has 0 aromatic heterocycles. The van der Waals surface area contributed by atoms with Gasteiger partial charge in [-0.15, -0.1) is 0 Å². The van der Waals surface area contributed by atoms with Gasteiger partial charge in [-0.3, -0.25) is 4.79 Å². The van der Waals surface area contributed by atoms with Crippen LogP contribution in [-0.4, -0.2) is 17.0 Å². The molecular formula is C24H17ClN2O4. The lowest BCUT2D eigenvalue weighted by molar-refractivity contribution is -0.112. The van der Waals surface area contributed by atoms with Gasteiger partial charge < -0.3 is 15.2 Å². The summed E-state index contributed by atoms with van der Waals surface area (Å²) in [5.74, 6) is -1.65. The third kappa shape index (κ3) is 5.72. The van der Waals surface area contributed by atoms with Gasteiger partial charge in [-0.2, -0.15) is 5.26 Å². The van der Waals surface area contributed by atoms with E-state index in [0.29, 0.717) is 16.3 Å². The predicted octanol–water partition coefficient (Wildman–Crippen LogP) is 5.16. The maximum atomic E-state index is 12.4. The van der Waals surface area contributed by atoms with Gasteiger partial charge in [0.2, 0.25) is 0 Å². The Labute approximate surface area is 184 Å². The highest BCUT2D eigenvalue weighted by Gasteiger charge is 2.15. The summed E-state index contributed by atoms with van der Waals surface area (Å²) in [6.45, 7) is 0.208. The molecule has 0 aliphatic carbocycles. The Morgan fingerprint density at radius 2 is 1.77 bits per heavy atom. The SMILES string of the molecule is N#C/C(=C/c1ccc(OCc2ccccc2)c(C(=O)O)c1)C(=O)Nc1ccccc1Cl. The van der Waals surface area contributed by atoms with E-state index in [1.807, 2.05) is 36.4 Å². The minimum Gasteiger partial charge on any atom is -0.488 e. The van der Waals surface area contributed by atoms with Crippen molar-refractivity contribution in [3.8, 4) is 11.8 Å². The molecule has 0 unspecified atom stereocenters. The molecule has 0 saturated heterocycles. The minimum absolute atomic E-state index is 0.0755. The average molecular weight is 433 g/mol. The zero-order chi connectivity index (χ0) is 22.2. The van der Waals surface area contributed by atoms with Gasteiger partial charge in [-0.25, -0.2) is 4.79 Å². The van der Waals surface area contributed by atoms with E-state index in [0.717, 1.165) is 5.56 Å². The summed E-state index contributed by atoms with van der Waals surface area (Å²) in [7, 11) is 0. The average Bonchev–Trinajstić information content (AvgIpc) is 2.78. The third-order valence-electron chi connectivity index (χ3n) is 4.27. The quantitative estimate of drug-likeness (QED) is 0.396. The van der Waals surface area contributed by atoms with E-state index in [1.54, 1.807) is 30.3 Å². The van der Waals surface area contributed by atoms with Crippen LogP contribution >= 0.6 is 11.6 Å². The Bertz CT molecular complexity index is 1180. The van der Waals surface area contributed by atoms with E-state index >= 15 is 0 Å². The van der Waals surface area contributed by atoms with Gasteiger partial charge in [0, 0.05) is 0 Å². The molecular weight excluding hydrogens is 416 g/mol. The van der Waals surface area contributed by atoms with Crippen molar-refractivity contribution in [2.24, 2.45) is 0 Å². The number of rotatable bonds is 7. The number of anilines is 1. The molecule has 6 nitrogen and oxygen atoms in total. The topological polar surface area (TPSA) is 99.4 Å². The summed E-state index contributed by atoms with van der Waals surface area (Å²) >= 11 is 6.03. The first kappa shape index (κ1) is 21.6. The molecule has 0 bridgehead atoms. The number of carboxylic acid groups (broad SMARTS) is 1. The van der Waals surface area contributed by atoms with E-state index in [-0.39, 0.29) is 23.5 Å². The molecule has 0 aliphatic heterocycles. The van der Waals surface area contributed by atoms with Crippen molar-refractivity contribution in [2.45, 2.75) is 6.61 Å². The summed E-state index contributed by atoms with van der Waals surface area (Å²) in [6.07, 6.45) is 1.31. The number of para-hydroxylation sites is 1. The number of benzene rings is 3. The van der Waals surface area contributed by atoms with Gasteiger partial charge in [0.05, 0.1) is 10.7 Å². The number of hydrogen-bond donors (Lipinski definition) is 2. The summed E-state index contributed by atoms with van der Waals surface area (Å²) in [5, 5.41) is 21.8. The van der Waals surface area contributed by atoms with Crippen LogP contribution in [0.4, 0.5) is 5.69 Å². The van der Waals surface area contributed by atoms with Crippen molar-refractivity contribution in [2.75, 3.05) is 5.32 Å². The van der Waals surface area contributed by atoms with Crippen molar-refractivity contribution in [1.82, 2.24) is 0 Å². The van der Waals surface area contributed by atoms with Crippen LogP contribution in [0.15, 0.2) is 78.4 Å². The highest BCUT2D eigenvalue weighted by molar-refractivity contribution is 6.34. The molecule has 2 N–H and O–H groups in total. The van der Waals surface area contributed by atoms with Crippen molar-refractivity contribution in [3.63, 3.8) is 0 Å². The number of carbonyl (C=O) groups excluding carboxylic acids is 1. The summed E-state index contributed by atoms with van der Waals surface area (Å²) < 4.78 is 5.65. The Kier molecular flexibility index (Phi) is 7.05. The zero-order valence-corrected chi connectivity index (χ0v) is 17.0. The number of aromatic carboxylic acids is 1. The van der Waals surface area contributed by atoms with Gasteiger partial charge in [0.1, 0.15) is 29.6 Å². The molecule has 0 heterocycles. The second kappa shape index (κ2) is 10.1. The van der Waals surface area contributed by atoms with Crippen LogP contribution in [-0.2, 0) is 11.4 Å². The molecule has 1 amide bonds. The van der Waals surface area contributed by atoms with E-state index in [2.05, 4.69) is 5.32 Å². The second-order valence-electron chi connectivity index (χ2n) is 6.44. The first-order chi connectivity index (χ1) is 15.0. The lowest BCUT2D eigenvalue weighted by Crippen LogP contribution is -2.13. The molecule has 0 fully saturated rings. The Hall–Kier alpha value is -4.08. The van der Waals surface area contributed by atoms with E-state index in [9.17, 15) is 20.0 Å². The van der Waals surface area contributed by atoms with Crippen LogP contribution in [0, 0.1) is 11.3 Å². The molecule has 0 atom stereocenters. The second-order valence-corrected chi connectivity index (χ2v) is 6.85. The number of halogens is 1. The molecule has 7 heteroatoms. The number of carboxylic acids is 1. The summed E-state index contributed by atoms with van der Waals surface area (Å²) in [4.78, 5) is 24.1. The predicted molar refractivity (Wildman–Crippen MR) is 118 cm³/mol. The number of hydrogen-bond acceptors (Lipinski definition) is 4. The van der Waals surface area contributed by atoms with Gasteiger partial charge in [0.25, 0.3) is 5.91 Å². The van der Waals surface area contributed by atoms with Crippen LogP contribution in [0.1, 0.15) is 21.5 Å². The molecule has 154 valence electrons. The standard InChI is InChI=1S/C24H17ClN2O4/c25-20-8-4-5-9-21(20)27-23(28)18(14-26)12-17-10-11-22(19(13-17)24(29)30)31-15-16-6-2-1-3-7-16/h1-13H,15H2,(H,27,28)(H,29,30)/b18-12-. The van der Waals surface area contributed by atoms with Crippen LogP contribution in [0.25, 0.3) is 6.08 Å². The first-order valence-electron chi connectivity index (χ1n) is 9.19.